The van der Waals surface area contributed by atoms with Crippen LogP contribution in [0.25, 0.3) is 0 Å². The highest BCUT2D eigenvalue weighted by atomic mass is 16.2. The highest BCUT2D eigenvalue weighted by Gasteiger charge is 2.33. The monoisotopic (exact) mass is 365 g/mol. The molecule has 2 heterocycles. The summed E-state index contributed by atoms with van der Waals surface area (Å²) in [5.74, 6) is -0.648. The summed E-state index contributed by atoms with van der Waals surface area (Å²) in [7, 11) is 0. The van der Waals surface area contributed by atoms with Crippen LogP contribution in [0.1, 0.15) is 36.6 Å². The van der Waals surface area contributed by atoms with Crippen molar-refractivity contribution in [3.63, 3.8) is 0 Å². The van der Waals surface area contributed by atoms with Crippen molar-refractivity contribution >= 4 is 17.5 Å². The van der Waals surface area contributed by atoms with Gasteiger partial charge in [-0.25, -0.2) is 0 Å². The first-order chi connectivity index (χ1) is 12.9. The Morgan fingerprint density at radius 3 is 2.63 bits per heavy atom. The number of rotatable bonds is 3. The molecule has 5 nitrogen and oxygen atoms in total. The number of likely N-dealkylation sites (tertiary alicyclic amines) is 1. The summed E-state index contributed by atoms with van der Waals surface area (Å²) in [6, 6.07) is 12.0. The first-order valence-electron chi connectivity index (χ1n) is 9.53. The van der Waals surface area contributed by atoms with Gasteiger partial charge in [-0.1, -0.05) is 37.3 Å². The SMILES string of the molecule is Cc1cc(NC(=O)C(=O)N2C[C@@H](C)CCC2Cc2ccccc2)cnc1C. The highest BCUT2D eigenvalue weighted by molar-refractivity contribution is 6.39. The summed E-state index contributed by atoms with van der Waals surface area (Å²) < 4.78 is 0. The number of hydrogen-bond acceptors (Lipinski definition) is 3. The Labute approximate surface area is 160 Å². The molecule has 1 saturated heterocycles. The molecule has 2 amide bonds. The zero-order valence-electron chi connectivity index (χ0n) is 16.2. The fraction of sp³-hybridized carbons (Fsp3) is 0.409. The maximum absolute atomic E-state index is 12.9. The van der Waals surface area contributed by atoms with E-state index in [1.54, 1.807) is 11.1 Å². The fourth-order valence-corrected chi connectivity index (χ4v) is 3.58. The van der Waals surface area contributed by atoms with E-state index in [2.05, 4.69) is 29.4 Å². The van der Waals surface area contributed by atoms with E-state index in [9.17, 15) is 9.59 Å². The Morgan fingerprint density at radius 1 is 1.19 bits per heavy atom. The minimum absolute atomic E-state index is 0.0553. The Hall–Kier alpha value is -2.69. The molecule has 0 aliphatic carbocycles. The summed E-state index contributed by atoms with van der Waals surface area (Å²) in [6.45, 7) is 6.59. The average molecular weight is 365 g/mol. The molecule has 1 aromatic carbocycles. The Morgan fingerprint density at radius 2 is 1.93 bits per heavy atom. The molecule has 0 radical (unpaired) electrons. The quantitative estimate of drug-likeness (QED) is 0.847. The summed E-state index contributed by atoms with van der Waals surface area (Å²) in [5.41, 5.74) is 3.63. The van der Waals surface area contributed by atoms with Crippen LogP contribution in [0.15, 0.2) is 42.6 Å². The number of nitrogens with one attached hydrogen (secondary N) is 1. The van der Waals surface area contributed by atoms with Crippen LogP contribution in [-0.2, 0) is 16.0 Å². The molecular formula is C22H27N3O2. The molecule has 1 unspecified atom stereocenters. The lowest BCUT2D eigenvalue weighted by Gasteiger charge is -2.38. The van der Waals surface area contributed by atoms with Gasteiger partial charge in [-0.15, -0.1) is 0 Å². The summed E-state index contributed by atoms with van der Waals surface area (Å²) >= 11 is 0. The van der Waals surface area contributed by atoms with Crippen molar-refractivity contribution in [3.05, 3.63) is 59.4 Å². The van der Waals surface area contributed by atoms with E-state index in [0.717, 1.165) is 30.5 Å². The zero-order valence-corrected chi connectivity index (χ0v) is 16.2. The number of hydrogen-bond donors (Lipinski definition) is 1. The van der Waals surface area contributed by atoms with Gasteiger partial charge >= 0.3 is 11.8 Å². The van der Waals surface area contributed by atoms with Gasteiger partial charge < -0.3 is 10.2 Å². The number of aromatic nitrogens is 1. The third-order valence-corrected chi connectivity index (χ3v) is 5.31. The van der Waals surface area contributed by atoms with Crippen molar-refractivity contribution in [1.29, 1.82) is 0 Å². The van der Waals surface area contributed by atoms with Crippen LogP contribution < -0.4 is 5.32 Å². The number of benzene rings is 1. The van der Waals surface area contributed by atoms with Gasteiger partial charge in [0.25, 0.3) is 0 Å². The average Bonchev–Trinajstić information content (AvgIpc) is 2.66. The summed E-state index contributed by atoms with van der Waals surface area (Å²) in [6.07, 6.45) is 4.36. The minimum Gasteiger partial charge on any atom is -0.331 e. The smallest absolute Gasteiger partial charge is 0.313 e. The van der Waals surface area contributed by atoms with Crippen molar-refractivity contribution in [2.45, 2.75) is 46.1 Å². The number of nitrogens with zero attached hydrogens (tertiary/aromatic N) is 2. The maximum Gasteiger partial charge on any atom is 0.313 e. The lowest BCUT2D eigenvalue weighted by molar-refractivity contribution is -0.146. The van der Waals surface area contributed by atoms with E-state index in [4.69, 9.17) is 0 Å². The molecule has 0 spiro atoms. The molecule has 1 fully saturated rings. The van der Waals surface area contributed by atoms with Gasteiger partial charge in [0.2, 0.25) is 0 Å². The van der Waals surface area contributed by atoms with Crippen molar-refractivity contribution in [2.24, 2.45) is 5.92 Å². The van der Waals surface area contributed by atoms with Crippen molar-refractivity contribution in [1.82, 2.24) is 9.88 Å². The number of carbonyl (C=O) groups is 2. The molecule has 2 atom stereocenters. The molecular weight excluding hydrogens is 338 g/mol. The van der Waals surface area contributed by atoms with Gasteiger partial charge in [0.15, 0.2) is 0 Å². The lowest BCUT2D eigenvalue weighted by Crippen LogP contribution is -2.51. The minimum atomic E-state index is -0.591. The molecule has 1 aliphatic rings. The number of carbonyl (C=O) groups excluding carboxylic acids is 2. The van der Waals surface area contributed by atoms with E-state index >= 15 is 0 Å². The highest BCUT2D eigenvalue weighted by Crippen LogP contribution is 2.25. The fourth-order valence-electron chi connectivity index (χ4n) is 3.58. The molecule has 1 aliphatic heterocycles. The van der Waals surface area contributed by atoms with E-state index in [0.29, 0.717) is 18.2 Å². The van der Waals surface area contributed by atoms with Crippen LogP contribution in [0, 0.1) is 19.8 Å². The maximum atomic E-state index is 12.9. The number of amides is 2. The van der Waals surface area contributed by atoms with Gasteiger partial charge in [-0.2, -0.15) is 0 Å². The second kappa shape index (κ2) is 8.33. The molecule has 142 valence electrons. The topological polar surface area (TPSA) is 62.3 Å². The molecule has 0 saturated carbocycles. The van der Waals surface area contributed by atoms with Gasteiger partial charge in [-0.3, -0.25) is 14.6 Å². The molecule has 2 aromatic rings. The second-order valence-electron chi connectivity index (χ2n) is 7.56. The standard InChI is InChI=1S/C22H27N3O2/c1-15-9-10-20(12-18-7-5-4-6-8-18)25(14-15)22(27)21(26)24-19-11-16(2)17(3)23-13-19/h4-8,11,13,15,20H,9-10,12,14H2,1-3H3,(H,24,26)/t15-,20?/m0/s1. The van der Waals surface area contributed by atoms with E-state index in [1.807, 2.05) is 38.1 Å². The molecule has 3 rings (SSSR count). The molecule has 1 N–H and O–H groups in total. The Kier molecular flexibility index (Phi) is 5.89. The third kappa shape index (κ3) is 4.73. The molecule has 0 bridgehead atoms. The third-order valence-electron chi connectivity index (χ3n) is 5.31. The van der Waals surface area contributed by atoms with Gasteiger partial charge in [0.05, 0.1) is 11.9 Å². The van der Waals surface area contributed by atoms with Crippen LogP contribution in [0.3, 0.4) is 0 Å². The normalized spacial score (nSPS) is 19.6. The first-order valence-corrected chi connectivity index (χ1v) is 9.53. The Bertz CT molecular complexity index is 820. The molecule has 5 heteroatoms. The van der Waals surface area contributed by atoms with Crippen LogP contribution in [-0.4, -0.2) is 34.3 Å². The summed E-state index contributed by atoms with van der Waals surface area (Å²) in [4.78, 5) is 31.5. The zero-order chi connectivity index (χ0) is 19.4. The number of aryl methyl sites for hydroxylation is 2. The first kappa shape index (κ1) is 19.1. The largest absolute Gasteiger partial charge is 0.331 e. The van der Waals surface area contributed by atoms with Crippen molar-refractivity contribution in [2.75, 3.05) is 11.9 Å². The Balaban J connectivity index is 1.72. The molecule has 27 heavy (non-hydrogen) atoms. The number of piperidine rings is 1. The van der Waals surface area contributed by atoms with Crippen LogP contribution in [0.2, 0.25) is 0 Å². The lowest BCUT2D eigenvalue weighted by atomic mass is 9.90. The van der Waals surface area contributed by atoms with Gasteiger partial charge in [0.1, 0.15) is 0 Å². The second-order valence-corrected chi connectivity index (χ2v) is 7.56. The van der Waals surface area contributed by atoms with Crippen LogP contribution in [0.5, 0.6) is 0 Å². The molecule has 1 aromatic heterocycles. The predicted molar refractivity (Wildman–Crippen MR) is 106 cm³/mol. The van der Waals surface area contributed by atoms with Crippen LogP contribution >= 0.6 is 0 Å². The van der Waals surface area contributed by atoms with Crippen molar-refractivity contribution in [3.8, 4) is 0 Å². The van der Waals surface area contributed by atoms with Crippen LogP contribution in [0.4, 0.5) is 5.69 Å². The van der Waals surface area contributed by atoms with E-state index in [-0.39, 0.29) is 6.04 Å². The van der Waals surface area contributed by atoms with Gasteiger partial charge in [-0.05, 0) is 56.2 Å². The van der Waals surface area contributed by atoms with Crippen molar-refractivity contribution < 1.29 is 9.59 Å². The summed E-state index contributed by atoms with van der Waals surface area (Å²) in [5, 5.41) is 2.71. The van der Waals surface area contributed by atoms with Gasteiger partial charge in [0, 0.05) is 18.3 Å². The predicted octanol–water partition coefficient (Wildman–Crippen LogP) is 3.51. The number of pyridine rings is 1. The number of anilines is 1. The van der Waals surface area contributed by atoms with E-state index < -0.39 is 11.8 Å². The van der Waals surface area contributed by atoms with E-state index in [1.165, 1.54) is 5.56 Å².